The molecule has 1 aromatic carbocycles. The van der Waals surface area contributed by atoms with Crippen molar-refractivity contribution in [1.29, 1.82) is 0 Å². The van der Waals surface area contributed by atoms with Gasteiger partial charge in [0.2, 0.25) is 0 Å². The molecule has 0 unspecified atom stereocenters. The van der Waals surface area contributed by atoms with Gasteiger partial charge < -0.3 is 14.6 Å². The number of rotatable bonds is 6. The first-order valence-corrected chi connectivity index (χ1v) is 6.15. The standard InChI is InChI=1S/C13H16ClN3O/c1-18-7-5-15-9-11-2-3-12(14)8-13(11)17-6-4-16-10-17/h2-4,6,8,10,15H,5,7,9H2,1H3. The first-order chi connectivity index (χ1) is 8.81. The lowest BCUT2D eigenvalue weighted by Crippen LogP contribution is -2.19. The monoisotopic (exact) mass is 265 g/mol. The molecule has 0 bridgehead atoms. The Morgan fingerprint density at radius 1 is 1.44 bits per heavy atom. The first-order valence-electron chi connectivity index (χ1n) is 5.77. The number of hydrogen-bond acceptors (Lipinski definition) is 3. The lowest BCUT2D eigenvalue weighted by Gasteiger charge is -2.11. The predicted molar refractivity (Wildman–Crippen MR) is 72.2 cm³/mol. The third-order valence-corrected chi connectivity index (χ3v) is 2.86. The maximum absolute atomic E-state index is 6.04. The van der Waals surface area contributed by atoms with Crippen molar-refractivity contribution in [2.45, 2.75) is 6.54 Å². The normalized spacial score (nSPS) is 10.8. The maximum atomic E-state index is 6.04. The Labute approximate surface area is 112 Å². The number of imidazole rings is 1. The molecule has 1 N–H and O–H groups in total. The molecule has 0 aliphatic rings. The van der Waals surface area contributed by atoms with Gasteiger partial charge in [-0.3, -0.25) is 0 Å². The van der Waals surface area contributed by atoms with Crippen LogP contribution in [0.4, 0.5) is 0 Å². The summed E-state index contributed by atoms with van der Waals surface area (Å²) >= 11 is 6.04. The Bertz CT molecular complexity index is 485. The summed E-state index contributed by atoms with van der Waals surface area (Å²) in [6, 6.07) is 5.86. The SMILES string of the molecule is COCCNCc1ccc(Cl)cc1-n1ccnc1. The third kappa shape index (κ3) is 3.32. The number of hydrogen-bond donors (Lipinski definition) is 1. The molecule has 2 aromatic rings. The number of nitrogens with zero attached hydrogens (tertiary/aromatic N) is 2. The van der Waals surface area contributed by atoms with Gasteiger partial charge in [0.25, 0.3) is 0 Å². The topological polar surface area (TPSA) is 39.1 Å². The van der Waals surface area contributed by atoms with E-state index in [1.165, 1.54) is 5.56 Å². The second kappa shape index (κ2) is 6.54. The minimum absolute atomic E-state index is 0.702. The van der Waals surface area contributed by atoms with Crippen molar-refractivity contribution in [3.63, 3.8) is 0 Å². The van der Waals surface area contributed by atoms with Crippen molar-refractivity contribution >= 4 is 11.6 Å². The van der Waals surface area contributed by atoms with Gasteiger partial charge in [0.15, 0.2) is 0 Å². The van der Waals surface area contributed by atoms with Crippen molar-refractivity contribution < 1.29 is 4.74 Å². The Morgan fingerprint density at radius 3 is 3.06 bits per heavy atom. The van der Waals surface area contributed by atoms with E-state index in [2.05, 4.69) is 10.3 Å². The van der Waals surface area contributed by atoms with E-state index in [1.54, 1.807) is 19.6 Å². The van der Waals surface area contributed by atoms with Gasteiger partial charge in [0.1, 0.15) is 0 Å². The highest BCUT2D eigenvalue weighted by Gasteiger charge is 2.05. The van der Waals surface area contributed by atoms with Crippen LogP contribution in [0, 0.1) is 0 Å². The third-order valence-electron chi connectivity index (χ3n) is 2.63. The van der Waals surface area contributed by atoms with Crippen LogP contribution in [0.1, 0.15) is 5.56 Å². The molecule has 2 rings (SSSR count). The zero-order chi connectivity index (χ0) is 12.8. The van der Waals surface area contributed by atoms with Gasteiger partial charge in [-0.25, -0.2) is 4.98 Å². The quantitative estimate of drug-likeness (QED) is 0.815. The van der Waals surface area contributed by atoms with E-state index in [0.717, 1.165) is 23.8 Å². The van der Waals surface area contributed by atoms with Crippen LogP contribution < -0.4 is 5.32 Å². The van der Waals surface area contributed by atoms with E-state index < -0.39 is 0 Å². The second-order valence-corrected chi connectivity index (χ2v) is 4.35. The molecule has 18 heavy (non-hydrogen) atoms. The average Bonchev–Trinajstić information content (AvgIpc) is 2.90. The van der Waals surface area contributed by atoms with Crippen LogP contribution >= 0.6 is 11.6 Å². The molecule has 0 fully saturated rings. The summed E-state index contributed by atoms with van der Waals surface area (Å²) in [4.78, 5) is 4.06. The minimum Gasteiger partial charge on any atom is -0.383 e. The van der Waals surface area contributed by atoms with Gasteiger partial charge in [-0.05, 0) is 17.7 Å². The van der Waals surface area contributed by atoms with Crippen molar-refractivity contribution in [2.24, 2.45) is 0 Å². The van der Waals surface area contributed by atoms with Gasteiger partial charge >= 0.3 is 0 Å². The van der Waals surface area contributed by atoms with E-state index in [1.807, 2.05) is 29.0 Å². The lowest BCUT2D eigenvalue weighted by molar-refractivity contribution is 0.199. The van der Waals surface area contributed by atoms with Crippen molar-refractivity contribution in [2.75, 3.05) is 20.3 Å². The molecule has 0 amide bonds. The van der Waals surface area contributed by atoms with Gasteiger partial charge in [0, 0.05) is 37.6 Å². The van der Waals surface area contributed by atoms with Gasteiger partial charge in [-0.15, -0.1) is 0 Å². The van der Waals surface area contributed by atoms with Crippen molar-refractivity contribution in [3.05, 3.63) is 47.5 Å². The summed E-state index contributed by atoms with van der Waals surface area (Å²) in [7, 11) is 1.70. The number of methoxy groups -OCH3 is 1. The zero-order valence-electron chi connectivity index (χ0n) is 10.3. The molecular formula is C13H16ClN3O. The molecule has 0 spiro atoms. The molecule has 0 radical (unpaired) electrons. The van der Waals surface area contributed by atoms with Crippen LogP contribution in [0.25, 0.3) is 5.69 Å². The van der Waals surface area contributed by atoms with Crippen LogP contribution in [-0.2, 0) is 11.3 Å². The van der Waals surface area contributed by atoms with E-state index in [-0.39, 0.29) is 0 Å². The Morgan fingerprint density at radius 2 is 2.33 bits per heavy atom. The molecule has 4 nitrogen and oxygen atoms in total. The number of nitrogens with one attached hydrogen (secondary N) is 1. The Balaban J connectivity index is 2.14. The Hall–Kier alpha value is -1.36. The Kier molecular flexibility index (Phi) is 4.75. The molecule has 96 valence electrons. The van der Waals surface area contributed by atoms with Crippen molar-refractivity contribution in [1.82, 2.24) is 14.9 Å². The summed E-state index contributed by atoms with van der Waals surface area (Å²) in [6.45, 7) is 2.30. The molecule has 0 aliphatic heterocycles. The first kappa shape index (κ1) is 13.1. The van der Waals surface area contributed by atoms with E-state index in [0.29, 0.717) is 6.61 Å². The fraction of sp³-hybridized carbons (Fsp3) is 0.308. The maximum Gasteiger partial charge on any atom is 0.0991 e. The van der Waals surface area contributed by atoms with Gasteiger partial charge in [0.05, 0.1) is 18.6 Å². The van der Waals surface area contributed by atoms with Crippen LogP contribution in [0.3, 0.4) is 0 Å². The fourth-order valence-corrected chi connectivity index (χ4v) is 1.89. The van der Waals surface area contributed by atoms with Crippen LogP contribution in [-0.4, -0.2) is 29.8 Å². The highest BCUT2D eigenvalue weighted by atomic mass is 35.5. The molecule has 1 heterocycles. The molecule has 0 saturated carbocycles. The smallest absolute Gasteiger partial charge is 0.0991 e. The second-order valence-electron chi connectivity index (χ2n) is 3.91. The van der Waals surface area contributed by atoms with Crippen molar-refractivity contribution in [3.8, 4) is 5.69 Å². The van der Waals surface area contributed by atoms with Gasteiger partial charge in [-0.2, -0.15) is 0 Å². The number of halogens is 1. The highest BCUT2D eigenvalue weighted by Crippen LogP contribution is 2.19. The zero-order valence-corrected chi connectivity index (χ0v) is 11.0. The average molecular weight is 266 g/mol. The van der Waals surface area contributed by atoms with E-state index in [9.17, 15) is 0 Å². The van der Waals surface area contributed by atoms with E-state index >= 15 is 0 Å². The molecular weight excluding hydrogens is 250 g/mol. The summed E-state index contributed by atoms with van der Waals surface area (Å²) in [5.74, 6) is 0. The predicted octanol–water partition coefficient (Wildman–Crippen LogP) is 2.26. The van der Waals surface area contributed by atoms with Crippen LogP contribution in [0.5, 0.6) is 0 Å². The number of ether oxygens (including phenoxy) is 1. The fourth-order valence-electron chi connectivity index (χ4n) is 1.73. The van der Waals surface area contributed by atoms with Crippen LogP contribution in [0.2, 0.25) is 5.02 Å². The highest BCUT2D eigenvalue weighted by molar-refractivity contribution is 6.30. The summed E-state index contributed by atoms with van der Waals surface area (Å²) in [6.07, 6.45) is 5.43. The summed E-state index contributed by atoms with van der Waals surface area (Å²) in [5.41, 5.74) is 2.22. The molecule has 1 aromatic heterocycles. The van der Waals surface area contributed by atoms with Crippen LogP contribution in [0.15, 0.2) is 36.9 Å². The molecule has 5 heteroatoms. The molecule has 0 aliphatic carbocycles. The lowest BCUT2D eigenvalue weighted by atomic mass is 10.1. The van der Waals surface area contributed by atoms with Gasteiger partial charge in [-0.1, -0.05) is 17.7 Å². The summed E-state index contributed by atoms with van der Waals surface area (Å²) < 4.78 is 6.96. The number of aromatic nitrogens is 2. The molecule has 0 saturated heterocycles. The molecule has 0 atom stereocenters. The minimum atomic E-state index is 0.702. The number of benzene rings is 1. The van der Waals surface area contributed by atoms with E-state index in [4.69, 9.17) is 16.3 Å². The largest absolute Gasteiger partial charge is 0.383 e. The summed E-state index contributed by atoms with van der Waals surface area (Å²) in [5, 5.41) is 4.04.